The number of rotatable bonds is 1. The van der Waals surface area contributed by atoms with Crippen molar-refractivity contribution in [3.05, 3.63) is 51.3 Å². The largest absolute Gasteiger partial charge is 0.508 e. The van der Waals surface area contributed by atoms with E-state index in [1.54, 1.807) is 12.1 Å². The van der Waals surface area contributed by atoms with Crippen molar-refractivity contribution in [2.45, 2.75) is 44.4 Å². The van der Waals surface area contributed by atoms with Crippen LogP contribution in [0, 0.1) is 0 Å². The van der Waals surface area contributed by atoms with Gasteiger partial charge in [-0.05, 0) is 43.9 Å². The molecule has 4 rings (SSSR count). The number of allylic oxidation sites excluding steroid dienone is 4. The first-order chi connectivity index (χ1) is 11.6. The minimum Gasteiger partial charge on any atom is -0.508 e. The van der Waals surface area contributed by atoms with E-state index < -0.39 is 5.92 Å². The molecular weight excluding hydrogens is 326 g/mol. The predicted molar refractivity (Wildman–Crippen MR) is 90.8 cm³/mol. The number of aromatic hydroxyl groups is 1. The lowest BCUT2D eigenvalue weighted by atomic mass is 9.71. The van der Waals surface area contributed by atoms with Gasteiger partial charge < -0.3 is 10.4 Å². The third-order valence-corrected chi connectivity index (χ3v) is 5.33. The lowest BCUT2D eigenvalue weighted by Gasteiger charge is -2.37. The average Bonchev–Trinajstić information content (AvgIpc) is 2.56. The standard InChI is InChI=1S/C19H18ClNO3/c20-10-7-8-14(22)11(9-10)17-18-12(3-1-5-15(18)23)21-13-4-2-6-16(24)19(13)17/h7-9,17,21-22H,1-6H2. The monoisotopic (exact) mass is 343 g/mol. The van der Waals surface area contributed by atoms with E-state index in [0.717, 1.165) is 37.1 Å². The van der Waals surface area contributed by atoms with Crippen molar-refractivity contribution >= 4 is 23.2 Å². The van der Waals surface area contributed by atoms with E-state index in [-0.39, 0.29) is 17.3 Å². The highest BCUT2D eigenvalue weighted by atomic mass is 35.5. The summed E-state index contributed by atoms with van der Waals surface area (Å²) in [6.45, 7) is 0. The molecule has 0 saturated carbocycles. The van der Waals surface area contributed by atoms with Gasteiger partial charge in [0.1, 0.15) is 5.75 Å². The lowest BCUT2D eigenvalue weighted by Crippen LogP contribution is -2.36. The van der Waals surface area contributed by atoms with E-state index in [1.807, 2.05) is 0 Å². The summed E-state index contributed by atoms with van der Waals surface area (Å²) in [6, 6.07) is 4.81. The Kier molecular flexibility index (Phi) is 3.72. The Balaban J connectivity index is 1.96. The first kappa shape index (κ1) is 15.5. The Bertz CT molecular complexity index is 780. The summed E-state index contributed by atoms with van der Waals surface area (Å²) in [5, 5.41) is 14.2. The van der Waals surface area contributed by atoms with E-state index in [2.05, 4.69) is 5.32 Å². The maximum Gasteiger partial charge on any atom is 0.161 e. The number of dihydropyridines is 1. The van der Waals surface area contributed by atoms with Crippen LogP contribution in [0.15, 0.2) is 40.7 Å². The molecule has 0 saturated heterocycles. The molecule has 0 radical (unpaired) electrons. The zero-order chi connectivity index (χ0) is 16.8. The molecule has 0 aromatic heterocycles. The van der Waals surface area contributed by atoms with Gasteiger partial charge in [0.25, 0.3) is 0 Å². The quantitative estimate of drug-likeness (QED) is 0.815. The van der Waals surface area contributed by atoms with E-state index >= 15 is 0 Å². The molecule has 0 fully saturated rings. The van der Waals surface area contributed by atoms with E-state index in [1.165, 1.54) is 6.07 Å². The zero-order valence-electron chi connectivity index (χ0n) is 13.2. The van der Waals surface area contributed by atoms with Crippen molar-refractivity contribution in [3.8, 4) is 5.75 Å². The van der Waals surface area contributed by atoms with E-state index in [4.69, 9.17) is 11.6 Å². The van der Waals surface area contributed by atoms with Gasteiger partial charge in [0, 0.05) is 51.9 Å². The van der Waals surface area contributed by atoms with Gasteiger partial charge >= 0.3 is 0 Å². The maximum absolute atomic E-state index is 12.6. The first-order valence-corrected chi connectivity index (χ1v) is 8.72. The molecule has 1 aromatic rings. The van der Waals surface area contributed by atoms with Crippen molar-refractivity contribution in [1.82, 2.24) is 5.32 Å². The number of carbonyl (C=O) groups is 2. The van der Waals surface area contributed by atoms with Crippen molar-refractivity contribution in [1.29, 1.82) is 0 Å². The summed E-state index contributed by atoms with van der Waals surface area (Å²) >= 11 is 6.13. The Labute approximate surface area is 145 Å². The summed E-state index contributed by atoms with van der Waals surface area (Å²) in [4.78, 5) is 25.3. The second-order valence-corrected chi connectivity index (χ2v) is 7.04. The highest BCUT2D eigenvalue weighted by Gasteiger charge is 2.41. The van der Waals surface area contributed by atoms with Crippen LogP contribution in [0.25, 0.3) is 0 Å². The van der Waals surface area contributed by atoms with Crippen LogP contribution in [0.2, 0.25) is 5.02 Å². The summed E-state index contributed by atoms with van der Waals surface area (Å²) < 4.78 is 0. The number of benzene rings is 1. The van der Waals surface area contributed by atoms with Gasteiger partial charge in [0.05, 0.1) is 0 Å². The van der Waals surface area contributed by atoms with Crippen LogP contribution in [-0.2, 0) is 9.59 Å². The molecule has 1 aliphatic heterocycles. The Morgan fingerprint density at radius 2 is 1.54 bits per heavy atom. The second-order valence-electron chi connectivity index (χ2n) is 6.60. The molecule has 124 valence electrons. The van der Waals surface area contributed by atoms with Gasteiger partial charge in [-0.25, -0.2) is 0 Å². The third-order valence-electron chi connectivity index (χ3n) is 5.09. The van der Waals surface area contributed by atoms with Crippen molar-refractivity contribution in [2.75, 3.05) is 0 Å². The molecule has 1 aromatic carbocycles. The average molecular weight is 344 g/mol. The smallest absolute Gasteiger partial charge is 0.161 e. The van der Waals surface area contributed by atoms with Crippen molar-refractivity contribution in [3.63, 3.8) is 0 Å². The predicted octanol–water partition coefficient (Wildman–Crippen LogP) is 3.75. The molecule has 0 amide bonds. The normalized spacial score (nSPS) is 21.5. The number of carbonyl (C=O) groups excluding carboxylic acids is 2. The molecule has 2 N–H and O–H groups in total. The van der Waals surface area contributed by atoms with Gasteiger partial charge in [-0.1, -0.05) is 11.6 Å². The molecule has 24 heavy (non-hydrogen) atoms. The number of nitrogens with one attached hydrogen (secondary N) is 1. The van der Waals surface area contributed by atoms with Gasteiger partial charge in [0.2, 0.25) is 0 Å². The Morgan fingerprint density at radius 3 is 2.12 bits per heavy atom. The molecule has 0 unspecified atom stereocenters. The fourth-order valence-electron chi connectivity index (χ4n) is 4.05. The highest BCUT2D eigenvalue weighted by Crippen LogP contribution is 2.47. The number of phenolic OH excluding ortho intramolecular Hbond substituents is 1. The van der Waals surface area contributed by atoms with E-state index in [0.29, 0.717) is 34.6 Å². The fourth-order valence-corrected chi connectivity index (χ4v) is 4.23. The van der Waals surface area contributed by atoms with Gasteiger partial charge in [-0.3, -0.25) is 9.59 Å². The fraction of sp³-hybridized carbons (Fsp3) is 0.368. The van der Waals surface area contributed by atoms with Crippen LogP contribution >= 0.6 is 11.6 Å². The lowest BCUT2D eigenvalue weighted by molar-refractivity contribution is -0.116. The van der Waals surface area contributed by atoms with Crippen LogP contribution in [0.3, 0.4) is 0 Å². The summed E-state index contributed by atoms with van der Waals surface area (Å²) in [6.07, 6.45) is 4.18. The van der Waals surface area contributed by atoms with Crippen molar-refractivity contribution in [2.24, 2.45) is 0 Å². The van der Waals surface area contributed by atoms with Gasteiger partial charge in [-0.15, -0.1) is 0 Å². The first-order valence-electron chi connectivity index (χ1n) is 8.34. The number of halogens is 1. The van der Waals surface area contributed by atoms with Crippen LogP contribution in [-0.4, -0.2) is 16.7 Å². The number of hydrogen-bond donors (Lipinski definition) is 2. The van der Waals surface area contributed by atoms with Crippen molar-refractivity contribution < 1.29 is 14.7 Å². The summed E-state index contributed by atoms with van der Waals surface area (Å²) in [5.41, 5.74) is 3.63. The van der Waals surface area contributed by atoms with Gasteiger partial charge in [0.15, 0.2) is 11.6 Å². The number of hydrogen-bond acceptors (Lipinski definition) is 4. The molecule has 1 heterocycles. The highest BCUT2D eigenvalue weighted by molar-refractivity contribution is 6.30. The van der Waals surface area contributed by atoms with Crippen LogP contribution in [0.5, 0.6) is 5.75 Å². The molecular formula is C19H18ClNO3. The summed E-state index contributed by atoms with van der Waals surface area (Å²) in [7, 11) is 0. The Morgan fingerprint density at radius 1 is 0.958 bits per heavy atom. The number of Topliss-reactive ketones (excluding diaryl/α,β-unsaturated/α-hetero) is 2. The number of ketones is 2. The number of phenols is 1. The molecule has 0 spiro atoms. The molecule has 5 heteroatoms. The SMILES string of the molecule is O=C1CCCC2=C1C(c1cc(Cl)ccc1O)C1=C(CCCC1=O)N2. The molecule has 3 aliphatic rings. The second kappa shape index (κ2) is 5.78. The molecule has 2 aliphatic carbocycles. The third kappa shape index (κ3) is 2.37. The Hall–Kier alpha value is -2.07. The van der Waals surface area contributed by atoms with Crippen LogP contribution < -0.4 is 5.32 Å². The summed E-state index contributed by atoms with van der Waals surface area (Å²) in [5.74, 6) is -0.326. The van der Waals surface area contributed by atoms with Crippen LogP contribution in [0.1, 0.15) is 50.0 Å². The maximum atomic E-state index is 12.6. The molecule has 4 nitrogen and oxygen atoms in total. The minimum absolute atomic E-state index is 0.0537. The topological polar surface area (TPSA) is 66.4 Å². The van der Waals surface area contributed by atoms with Gasteiger partial charge in [-0.2, -0.15) is 0 Å². The van der Waals surface area contributed by atoms with Crippen LogP contribution in [0.4, 0.5) is 0 Å². The van der Waals surface area contributed by atoms with E-state index in [9.17, 15) is 14.7 Å². The minimum atomic E-state index is -0.504. The zero-order valence-corrected chi connectivity index (χ0v) is 13.9. The molecule has 0 bridgehead atoms. The molecule has 0 atom stereocenters.